The number of amides is 2. The summed E-state index contributed by atoms with van der Waals surface area (Å²) >= 11 is 0. The molecule has 0 bridgehead atoms. The number of methoxy groups -OCH3 is 1. The van der Waals surface area contributed by atoms with Crippen molar-refractivity contribution in [2.24, 2.45) is 0 Å². The first kappa shape index (κ1) is 18.8. The SMILES string of the molecule is COc1ccccc1N(CC(=O)Nc1ccc(N2CCCC2)cc1)C(C)=O. The van der Waals surface area contributed by atoms with E-state index in [1.54, 1.807) is 19.2 Å². The lowest BCUT2D eigenvalue weighted by Gasteiger charge is -2.23. The third kappa shape index (κ3) is 4.58. The number of hydrogen-bond donors (Lipinski definition) is 1. The van der Waals surface area contributed by atoms with Crippen LogP contribution in [0.2, 0.25) is 0 Å². The Morgan fingerprint density at radius 2 is 1.74 bits per heavy atom. The summed E-state index contributed by atoms with van der Waals surface area (Å²) in [5, 5.41) is 2.86. The van der Waals surface area contributed by atoms with Crippen LogP contribution in [0.4, 0.5) is 17.1 Å². The van der Waals surface area contributed by atoms with E-state index in [1.165, 1.54) is 30.4 Å². The molecule has 1 heterocycles. The fourth-order valence-electron chi connectivity index (χ4n) is 3.29. The molecule has 6 heteroatoms. The maximum atomic E-state index is 12.5. The van der Waals surface area contributed by atoms with Crippen LogP contribution in [0.3, 0.4) is 0 Å². The minimum atomic E-state index is -0.259. The molecule has 2 aromatic rings. The van der Waals surface area contributed by atoms with Crippen molar-refractivity contribution in [3.63, 3.8) is 0 Å². The molecule has 1 fully saturated rings. The van der Waals surface area contributed by atoms with Crippen molar-refractivity contribution >= 4 is 28.9 Å². The summed E-state index contributed by atoms with van der Waals surface area (Å²) in [6.07, 6.45) is 2.45. The summed E-state index contributed by atoms with van der Waals surface area (Å²) in [7, 11) is 1.54. The van der Waals surface area contributed by atoms with Gasteiger partial charge in [-0.2, -0.15) is 0 Å². The van der Waals surface area contributed by atoms with Crippen LogP contribution in [0, 0.1) is 0 Å². The number of hydrogen-bond acceptors (Lipinski definition) is 4. The first-order valence-electron chi connectivity index (χ1n) is 9.14. The van der Waals surface area contributed by atoms with Gasteiger partial charge in [0.2, 0.25) is 11.8 Å². The van der Waals surface area contributed by atoms with Crippen LogP contribution >= 0.6 is 0 Å². The molecule has 0 saturated carbocycles. The number of para-hydroxylation sites is 2. The van der Waals surface area contributed by atoms with Crippen LogP contribution < -0.4 is 19.9 Å². The second-order valence-electron chi connectivity index (χ2n) is 6.57. The third-order valence-corrected chi connectivity index (χ3v) is 4.68. The summed E-state index contributed by atoms with van der Waals surface area (Å²) in [5.41, 5.74) is 2.46. The van der Waals surface area contributed by atoms with E-state index in [4.69, 9.17) is 4.74 Å². The zero-order valence-electron chi connectivity index (χ0n) is 15.8. The molecular formula is C21H25N3O3. The van der Waals surface area contributed by atoms with E-state index in [9.17, 15) is 9.59 Å². The number of carbonyl (C=O) groups excluding carboxylic acids is 2. The van der Waals surface area contributed by atoms with Gasteiger partial charge in [0, 0.05) is 31.4 Å². The maximum absolute atomic E-state index is 12.5. The van der Waals surface area contributed by atoms with E-state index < -0.39 is 0 Å². The van der Waals surface area contributed by atoms with Crippen LogP contribution in [0.5, 0.6) is 5.75 Å². The Hall–Kier alpha value is -3.02. The number of nitrogens with zero attached hydrogens (tertiary/aromatic N) is 2. The highest BCUT2D eigenvalue weighted by atomic mass is 16.5. The third-order valence-electron chi connectivity index (χ3n) is 4.68. The molecular weight excluding hydrogens is 342 g/mol. The molecule has 0 unspecified atom stereocenters. The molecule has 1 N–H and O–H groups in total. The van der Waals surface area contributed by atoms with E-state index in [-0.39, 0.29) is 18.4 Å². The molecule has 0 aliphatic carbocycles. The van der Waals surface area contributed by atoms with Crippen molar-refractivity contribution in [1.82, 2.24) is 0 Å². The fourth-order valence-corrected chi connectivity index (χ4v) is 3.29. The lowest BCUT2D eigenvalue weighted by molar-refractivity contribution is -0.120. The van der Waals surface area contributed by atoms with Gasteiger partial charge in [0.05, 0.1) is 12.8 Å². The largest absolute Gasteiger partial charge is 0.495 e. The maximum Gasteiger partial charge on any atom is 0.244 e. The van der Waals surface area contributed by atoms with E-state index in [2.05, 4.69) is 10.2 Å². The fraction of sp³-hybridized carbons (Fsp3) is 0.333. The lowest BCUT2D eigenvalue weighted by Crippen LogP contribution is -2.36. The van der Waals surface area contributed by atoms with Crippen LogP contribution in [0.25, 0.3) is 0 Å². The zero-order valence-corrected chi connectivity index (χ0v) is 15.8. The summed E-state index contributed by atoms with van der Waals surface area (Å²) in [4.78, 5) is 28.3. The highest BCUT2D eigenvalue weighted by molar-refractivity contribution is 6.02. The molecule has 1 aliphatic rings. The van der Waals surface area contributed by atoms with E-state index >= 15 is 0 Å². The Bertz CT molecular complexity index is 799. The van der Waals surface area contributed by atoms with Gasteiger partial charge in [-0.15, -0.1) is 0 Å². The number of benzene rings is 2. The van der Waals surface area contributed by atoms with E-state index in [0.717, 1.165) is 13.1 Å². The molecule has 1 aliphatic heterocycles. The van der Waals surface area contributed by atoms with Crippen molar-refractivity contribution < 1.29 is 14.3 Å². The molecule has 0 radical (unpaired) electrons. The highest BCUT2D eigenvalue weighted by Gasteiger charge is 2.19. The Morgan fingerprint density at radius 1 is 1.07 bits per heavy atom. The lowest BCUT2D eigenvalue weighted by atomic mass is 10.2. The van der Waals surface area contributed by atoms with Crippen molar-refractivity contribution in [3.8, 4) is 5.75 Å². The average molecular weight is 367 g/mol. The minimum absolute atomic E-state index is 0.0798. The van der Waals surface area contributed by atoms with Crippen LogP contribution in [-0.2, 0) is 9.59 Å². The predicted octanol–water partition coefficient (Wildman–Crippen LogP) is 3.29. The molecule has 2 amide bonds. The molecule has 3 rings (SSSR count). The number of anilines is 3. The van der Waals surface area contributed by atoms with Crippen LogP contribution in [0.1, 0.15) is 19.8 Å². The standard InChI is InChI=1S/C21H25N3O3/c1-16(25)24(19-7-3-4-8-20(19)27-2)15-21(26)22-17-9-11-18(12-10-17)23-13-5-6-14-23/h3-4,7-12H,5-6,13-15H2,1-2H3,(H,22,26). The van der Waals surface area contributed by atoms with E-state index in [0.29, 0.717) is 17.1 Å². The quantitative estimate of drug-likeness (QED) is 0.851. The number of nitrogens with one attached hydrogen (secondary N) is 1. The van der Waals surface area contributed by atoms with Crippen LogP contribution in [-0.4, -0.2) is 38.6 Å². The van der Waals surface area contributed by atoms with Crippen LogP contribution in [0.15, 0.2) is 48.5 Å². The van der Waals surface area contributed by atoms with Crippen molar-refractivity contribution in [3.05, 3.63) is 48.5 Å². The number of ether oxygens (including phenoxy) is 1. The number of carbonyl (C=O) groups is 2. The molecule has 2 aromatic carbocycles. The Labute approximate surface area is 159 Å². The highest BCUT2D eigenvalue weighted by Crippen LogP contribution is 2.28. The normalized spacial score (nSPS) is 13.3. The van der Waals surface area contributed by atoms with Gasteiger partial charge in [0.15, 0.2) is 0 Å². The van der Waals surface area contributed by atoms with Gasteiger partial charge in [-0.1, -0.05) is 12.1 Å². The summed E-state index contributed by atoms with van der Waals surface area (Å²) < 4.78 is 5.31. The Balaban J connectivity index is 1.66. The summed E-state index contributed by atoms with van der Waals surface area (Å²) in [6, 6.07) is 15.0. The first-order valence-corrected chi connectivity index (χ1v) is 9.14. The molecule has 27 heavy (non-hydrogen) atoms. The van der Waals surface area contributed by atoms with Gasteiger partial charge in [0.1, 0.15) is 12.3 Å². The van der Waals surface area contributed by atoms with Gasteiger partial charge < -0.3 is 15.0 Å². The Morgan fingerprint density at radius 3 is 2.37 bits per heavy atom. The van der Waals surface area contributed by atoms with Gasteiger partial charge >= 0.3 is 0 Å². The molecule has 6 nitrogen and oxygen atoms in total. The van der Waals surface area contributed by atoms with Gasteiger partial charge in [-0.3, -0.25) is 14.5 Å². The van der Waals surface area contributed by atoms with Gasteiger partial charge in [-0.25, -0.2) is 0 Å². The monoisotopic (exact) mass is 367 g/mol. The topological polar surface area (TPSA) is 61.9 Å². The van der Waals surface area contributed by atoms with Gasteiger partial charge in [-0.05, 0) is 49.2 Å². The Kier molecular flexibility index (Phi) is 5.96. The summed E-state index contributed by atoms with van der Waals surface area (Å²) in [5.74, 6) is 0.0690. The smallest absolute Gasteiger partial charge is 0.244 e. The predicted molar refractivity (Wildman–Crippen MR) is 108 cm³/mol. The molecule has 0 spiro atoms. The summed E-state index contributed by atoms with van der Waals surface area (Å²) in [6.45, 7) is 3.52. The second-order valence-corrected chi connectivity index (χ2v) is 6.57. The van der Waals surface area contributed by atoms with E-state index in [1.807, 2.05) is 36.4 Å². The molecule has 1 saturated heterocycles. The second kappa shape index (κ2) is 8.58. The zero-order chi connectivity index (χ0) is 19.2. The molecule has 0 aromatic heterocycles. The van der Waals surface area contributed by atoms with Crippen molar-refractivity contribution in [2.45, 2.75) is 19.8 Å². The van der Waals surface area contributed by atoms with Crippen molar-refractivity contribution in [2.75, 3.05) is 41.9 Å². The average Bonchev–Trinajstić information content (AvgIpc) is 3.21. The molecule has 142 valence electrons. The minimum Gasteiger partial charge on any atom is -0.495 e. The molecule has 0 atom stereocenters. The van der Waals surface area contributed by atoms with Crippen molar-refractivity contribution in [1.29, 1.82) is 0 Å². The first-order chi connectivity index (χ1) is 13.1. The number of rotatable bonds is 6. The van der Waals surface area contributed by atoms with Gasteiger partial charge in [0.25, 0.3) is 0 Å².